The number of rotatable bonds is 2. The quantitative estimate of drug-likeness (QED) is 0.730. The van der Waals surface area contributed by atoms with Crippen molar-refractivity contribution in [2.75, 3.05) is 18.4 Å². The minimum absolute atomic E-state index is 0.0616. The van der Waals surface area contributed by atoms with E-state index in [9.17, 15) is 5.11 Å². The third kappa shape index (κ3) is 2.85. The van der Waals surface area contributed by atoms with E-state index in [-0.39, 0.29) is 21.2 Å². The topological polar surface area (TPSA) is 44.3 Å². The van der Waals surface area contributed by atoms with Crippen molar-refractivity contribution in [3.63, 3.8) is 0 Å². The highest BCUT2D eigenvalue weighted by atomic mass is 35.5. The first-order valence-electron chi connectivity index (χ1n) is 6.05. The fourth-order valence-corrected chi connectivity index (χ4v) is 2.78. The first kappa shape index (κ1) is 13.8. The lowest BCUT2D eigenvalue weighted by atomic mass is 9.80. The van der Waals surface area contributed by atoms with Gasteiger partial charge in [-0.3, -0.25) is 0 Å². The Bertz CT molecular complexity index is 426. The largest absolute Gasteiger partial charge is 0.505 e. The van der Waals surface area contributed by atoms with E-state index in [4.69, 9.17) is 23.2 Å². The maximum absolute atomic E-state index is 9.54. The lowest BCUT2D eigenvalue weighted by Gasteiger charge is -2.40. The van der Waals surface area contributed by atoms with Crippen molar-refractivity contribution in [2.24, 2.45) is 5.41 Å². The molecule has 0 aliphatic carbocycles. The summed E-state index contributed by atoms with van der Waals surface area (Å²) in [5.74, 6) is -0.0616. The Kier molecular flexibility index (Phi) is 3.95. The van der Waals surface area contributed by atoms with Gasteiger partial charge in [-0.25, -0.2) is 0 Å². The van der Waals surface area contributed by atoms with Gasteiger partial charge in [-0.15, -0.1) is 0 Å². The molecule has 0 amide bonds. The molecule has 1 heterocycles. The minimum atomic E-state index is -0.0616. The van der Waals surface area contributed by atoms with E-state index in [2.05, 4.69) is 24.5 Å². The third-order valence-electron chi connectivity index (χ3n) is 3.49. The number of piperidine rings is 1. The molecule has 18 heavy (non-hydrogen) atoms. The van der Waals surface area contributed by atoms with Crippen LogP contribution < -0.4 is 10.6 Å². The van der Waals surface area contributed by atoms with Gasteiger partial charge < -0.3 is 15.7 Å². The van der Waals surface area contributed by atoms with Crippen LogP contribution in [0.3, 0.4) is 0 Å². The van der Waals surface area contributed by atoms with Gasteiger partial charge in [-0.1, -0.05) is 37.0 Å². The van der Waals surface area contributed by atoms with Gasteiger partial charge in [0.1, 0.15) is 0 Å². The van der Waals surface area contributed by atoms with E-state index in [1.807, 2.05) is 0 Å². The highest BCUT2D eigenvalue weighted by Crippen LogP contribution is 2.36. The summed E-state index contributed by atoms with van der Waals surface area (Å²) in [6.07, 6.45) is 1.04. The second kappa shape index (κ2) is 5.16. The molecular formula is C13H18Cl2N2O. The van der Waals surface area contributed by atoms with Crippen LogP contribution in [-0.2, 0) is 0 Å². The monoisotopic (exact) mass is 288 g/mol. The van der Waals surface area contributed by atoms with E-state index in [1.54, 1.807) is 12.1 Å². The number of hydrogen-bond donors (Lipinski definition) is 3. The Morgan fingerprint density at radius 1 is 1.33 bits per heavy atom. The smallest absolute Gasteiger partial charge is 0.152 e. The van der Waals surface area contributed by atoms with Crippen LogP contribution in [0.25, 0.3) is 0 Å². The number of hydrogen-bond acceptors (Lipinski definition) is 3. The van der Waals surface area contributed by atoms with Crippen LogP contribution in [-0.4, -0.2) is 24.2 Å². The van der Waals surface area contributed by atoms with E-state index < -0.39 is 0 Å². The second-order valence-electron chi connectivity index (χ2n) is 5.44. The predicted molar refractivity (Wildman–Crippen MR) is 76.8 cm³/mol. The third-order valence-corrected chi connectivity index (χ3v) is 4.07. The van der Waals surface area contributed by atoms with Gasteiger partial charge in [0, 0.05) is 18.3 Å². The Labute approximate surface area is 117 Å². The Hall–Kier alpha value is -0.640. The predicted octanol–water partition coefficient (Wildman–Crippen LogP) is 3.50. The molecule has 5 heteroatoms. The summed E-state index contributed by atoms with van der Waals surface area (Å²) in [5, 5.41) is 16.9. The number of halogens is 2. The van der Waals surface area contributed by atoms with Crippen molar-refractivity contribution < 1.29 is 5.11 Å². The average molecular weight is 289 g/mol. The molecule has 1 fully saturated rings. The van der Waals surface area contributed by atoms with E-state index in [0.29, 0.717) is 6.04 Å². The molecule has 1 unspecified atom stereocenters. The SMILES string of the molecule is CC1(C)CNCCC1Nc1cc(Cl)c(O)c(Cl)c1. The number of benzene rings is 1. The Morgan fingerprint density at radius 2 is 1.94 bits per heavy atom. The van der Waals surface area contributed by atoms with Gasteiger partial charge in [0.2, 0.25) is 0 Å². The van der Waals surface area contributed by atoms with Crippen LogP contribution in [0.15, 0.2) is 12.1 Å². The zero-order valence-corrected chi connectivity index (χ0v) is 12.1. The van der Waals surface area contributed by atoms with Crippen molar-refractivity contribution in [2.45, 2.75) is 26.3 Å². The van der Waals surface area contributed by atoms with E-state index in [1.165, 1.54) is 0 Å². The summed E-state index contributed by atoms with van der Waals surface area (Å²) in [5.41, 5.74) is 1.01. The van der Waals surface area contributed by atoms with E-state index in [0.717, 1.165) is 25.2 Å². The lowest BCUT2D eigenvalue weighted by molar-refractivity contribution is 0.236. The average Bonchev–Trinajstić information content (AvgIpc) is 2.28. The minimum Gasteiger partial charge on any atom is -0.505 e. The first-order chi connectivity index (χ1) is 8.40. The second-order valence-corrected chi connectivity index (χ2v) is 6.25. The molecule has 3 N–H and O–H groups in total. The molecule has 0 spiro atoms. The number of nitrogens with one attached hydrogen (secondary N) is 2. The molecule has 1 saturated heterocycles. The molecule has 1 atom stereocenters. The van der Waals surface area contributed by atoms with Crippen LogP contribution in [0.1, 0.15) is 20.3 Å². The summed E-state index contributed by atoms with van der Waals surface area (Å²) in [6.45, 7) is 6.42. The lowest BCUT2D eigenvalue weighted by Crippen LogP contribution is -2.49. The highest BCUT2D eigenvalue weighted by molar-refractivity contribution is 6.37. The summed E-state index contributed by atoms with van der Waals surface area (Å²) in [6, 6.07) is 3.78. The maximum Gasteiger partial charge on any atom is 0.152 e. The van der Waals surface area contributed by atoms with Crippen molar-refractivity contribution in [3.05, 3.63) is 22.2 Å². The molecule has 1 aromatic rings. The van der Waals surface area contributed by atoms with Crippen molar-refractivity contribution >= 4 is 28.9 Å². The fraction of sp³-hybridized carbons (Fsp3) is 0.538. The summed E-state index contributed by atoms with van der Waals surface area (Å²) < 4.78 is 0. The molecule has 0 saturated carbocycles. The molecule has 1 aliphatic heterocycles. The summed E-state index contributed by atoms with van der Waals surface area (Å²) in [4.78, 5) is 0. The number of phenols is 1. The Balaban J connectivity index is 2.18. The van der Waals surface area contributed by atoms with Gasteiger partial charge in [0.05, 0.1) is 10.0 Å². The van der Waals surface area contributed by atoms with Crippen LogP contribution in [0.2, 0.25) is 10.0 Å². The van der Waals surface area contributed by atoms with Gasteiger partial charge in [-0.2, -0.15) is 0 Å². The van der Waals surface area contributed by atoms with E-state index >= 15 is 0 Å². The van der Waals surface area contributed by atoms with Gasteiger partial charge in [0.25, 0.3) is 0 Å². The van der Waals surface area contributed by atoms with Crippen LogP contribution in [0, 0.1) is 5.41 Å². The van der Waals surface area contributed by atoms with Crippen molar-refractivity contribution in [1.29, 1.82) is 0 Å². The van der Waals surface area contributed by atoms with Crippen LogP contribution in [0.4, 0.5) is 5.69 Å². The molecule has 2 rings (SSSR count). The number of phenolic OH excluding ortho intramolecular Hbond substituents is 1. The van der Waals surface area contributed by atoms with Crippen LogP contribution >= 0.6 is 23.2 Å². The molecule has 3 nitrogen and oxygen atoms in total. The zero-order valence-electron chi connectivity index (χ0n) is 10.6. The number of anilines is 1. The summed E-state index contributed by atoms with van der Waals surface area (Å²) in [7, 11) is 0. The molecule has 1 aromatic carbocycles. The summed E-state index contributed by atoms with van der Waals surface area (Å²) >= 11 is 11.8. The molecule has 0 aromatic heterocycles. The van der Waals surface area contributed by atoms with Crippen LogP contribution in [0.5, 0.6) is 5.75 Å². The maximum atomic E-state index is 9.54. The standard InChI is InChI=1S/C13H18Cl2N2O/c1-13(2)7-16-4-3-11(13)17-8-5-9(14)12(18)10(15)6-8/h5-6,11,16-18H,3-4,7H2,1-2H3. The first-order valence-corrected chi connectivity index (χ1v) is 6.81. The normalized spacial score (nSPS) is 22.8. The molecule has 0 radical (unpaired) electrons. The van der Waals surface area contributed by atoms with Gasteiger partial charge in [-0.05, 0) is 30.5 Å². The molecule has 1 aliphatic rings. The van der Waals surface area contributed by atoms with Crippen molar-refractivity contribution in [3.8, 4) is 5.75 Å². The molecule has 100 valence electrons. The Morgan fingerprint density at radius 3 is 2.50 bits per heavy atom. The molecule has 0 bridgehead atoms. The van der Waals surface area contributed by atoms with Gasteiger partial charge >= 0.3 is 0 Å². The van der Waals surface area contributed by atoms with Crippen molar-refractivity contribution in [1.82, 2.24) is 5.32 Å². The van der Waals surface area contributed by atoms with Gasteiger partial charge in [0.15, 0.2) is 5.75 Å². The molecular weight excluding hydrogens is 271 g/mol. The zero-order chi connectivity index (χ0) is 13.3. The fourth-order valence-electron chi connectivity index (χ4n) is 2.29. The highest BCUT2D eigenvalue weighted by Gasteiger charge is 2.32. The number of aromatic hydroxyl groups is 1.